The van der Waals surface area contributed by atoms with Gasteiger partial charge in [0.1, 0.15) is 11.4 Å². The number of carbonyl (C=O) groups is 2. The Hall–Kier alpha value is -3.38. The lowest BCUT2D eigenvalue weighted by molar-refractivity contribution is -0.120. The molecule has 1 N–H and O–H groups in total. The van der Waals surface area contributed by atoms with E-state index in [9.17, 15) is 9.59 Å². The summed E-state index contributed by atoms with van der Waals surface area (Å²) in [6, 6.07) is 15.1. The van der Waals surface area contributed by atoms with E-state index >= 15 is 0 Å². The number of thiophene rings is 1. The number of benzene rings is 2. The van der Waals surface area contributed by atoms with E-state index in [1.165, 1.54) is 23.3 Å². The van der Waals surface area contributed by atoms with Crippen LogP contribution < -0.4 is 15.0 Å². The predicted octanol–water partition coefficient (Wildman–Crippen LogP) is 5.08. The lowest BCUT2D eigenvalue weighted by atomic mass is 10.1. The Balaban J connectivity index is 1.84. The van der Waals surface area contributed by atoms with Crippen molar-refractivity contribution in [3.8, 4) is 5.75 Å². The van der Waals surface area contributed by atoms with Crippen LogP contribution in [0.3, 0.4) is 0 Å². The maximum absolute atomic E-state index is 13.5. The Morgan fingerprint density at radius 2 is 1.67 bits per heavy atom. The first kappa shape index (κ1) is 19.9. The second-order valence-corrected chi connectivity index (χ2v) is 8.24. The number of imide groups is 1. The monoisotopic (exact) mass is 418 g/mol. The van der Waals surface area contributed by atoms with Gasteiger partial charge in [-0.1, -0.05) is 29.8 Å². The first-order valence-corrected chi connectivity index (χ1v) is 10.4. The van der Waals surface area contributed by atoms with Crippen molar-refractivity contribution in [3.63, 3.8) is 0 Å². The molecule has 5 nitrogen and oxygen atoms in total. The van der Waals surface area contributed by atoms with Crippen molar-refractivity contribution >= 4 is 40.1 Å². The summed E-state index contributed by atoms with van der Waals surface area (Å²) in [5.41, 5.74) is 4.95. The normalized spacial score (nSPS) is 13.9. The quantitative estimate of drug-likeness (QED) is 0.587. The van der Waals surface area contributed by atoms with Gasteiger partial charge >= 0.3 is 0 Å². The number of anilines is 2. The van der Waals surface area contributed by atoms with Crippen LogP contribution in [0.25, 0.3) is 5.57 Å². The number of aryl methyl sites for hydroxylation is 3. The van der Waals surface area contributed by atoms with Crippen molar-refractivity contribution in [1.29, 1.82) is 0 Å². The van der Waals surface area contributed by atoms with E-state index < -0.39 is 5.91 Å². The molecule has 2 heterocycles. The second-order valence-electron chi connectivity index (χ2n) is 7.29. The summed E-state index contributed by atoms with van der Waals surface area (Å²) >= 11 is 1.43. The number of hydrogen-bond donors (Lipinski definition) is 1. The van der Waals surface area contributed by atoms with Crippen LogP contribution in [0.2, 0.25) is 0 Å². The number of hydrogen-bond acceptors (Lipinski definition) is 5. The van der Waals surface area contributed by atoms with E-state index in [0.717, 1.165) is 27.3 Å². The van der Waals surface area contributed by atoms with E-state index in [1.807, 2.05) is 62.5 Å². The lowest BCUT2D eigenvalue weighted by Crippen LogP contribution is -2.32. The second kappa shape index (κ2) is 7.80. The van der Waals surface area contributed by atoms with Crippen molar-refractivity contribution in [2.45, 2.75) is 20.8 Å². The fourth-order valence-electron chi connectivity index (χ4n) is 3.58. The maximum atomic E-state index is 13.5. The molecule has 0 radical (unpaired) electrons. The first-order chi connectivity index (χ1) is 14.4. The smallest absolute Gasteiger partial charge is 0.282 e. The minimum Gasteiger partial charge on any atom is -0.495 e. The predicted molar refractivity (Wildman–Crippen MR) is 121 cm³/mol. The highest BCUT2D eigenvalue weighted by atomic mass is 32.1. The number of nitrogens with zero attached hydrogens (tertiary/aromatic N) is 1. The molecule has 0 bridgehead atoms. The number of carbonyl (C=O) groups excluding carboxylic acids is 2. The van der Waals surface area contributed by atoms with Crippen LogP contribution >= 0.6 is 11.3 Å². The third kappa shape index (κ3) is 3.39. The number of rotatable bonds is 5. The molecule has 3 aromatic rings. The van der Waals surface area contributed by atoms with E-state index in [1.54, 1.807) is 12.1 Å². The van der Waals surface area contributed by atoms with Gasteiger partial charge in [-0.15, -0.1) is 11.3 Å². The largest absolute Gasteiger partial charge is 0.495 e. The highest BCUT2D eigenvalue weighted by Gasteiger charge is 2.42. The van der Waals surface area contributed by atoms with Gasteiger partial charge < -0.3 is 10.1 Å². The van der Waals surface area contributed by atoms with E-state index in [2.05, 4.69) is 5.32 Å². The minimum absolute atomic E-state index is 0.276. The fraction of sp³-hybridized carbons (Fsp3) is 0.167. The summed E-state index contributed by atoms with van der Waals surface area (Å²) < 4.78 is 5.44. The Morgan fingerprint density at radius 3 is 2.33 bits per heavy atom. The van der Waals surface area contributed by atoms with Crippen molar-refractivity contribution < 1.29 is 14.3 Å². The van der Waals surface area contributed by atoms with Gasteiger partial charge in [0.05, 0.1) is 18.4 Å². The average Bonchev–Trinajstić information content (AvgIpc) is 3.31. The number of amides is 2. The summed E-state index contributed by atoms with van der Waals surface area (Å²) in [4.78, 5) is 29.0. The van der Waals surface area contributed by atoms with Gasteiger partial charge in [0.2, 0.25) is 0 Å². The highest BCUT2D eigenvalue weighted by Crippen LogP contribution is 2.39. The van der Waals surface area contributed by atoms with Crippen LogP contribution in [0.5, 0.6) is 5.75 Å². The van der Waals surface area contributed by atoms with E-state index in [-0.39, 0.29) is 11.6 Å². The molecule has 6 heteroatoms. The third-order valence-electron chi connectivity index (χ3n) is 5.07. The Kier molecular flexibility index (Phi) is 5.18. The van der Waals surface area contributed by atoms with Crippen molar-refractivity contribution in [1.82, 2.24) is 0 Å². The molecule has 0 saturated heterocycles. The van der Waals surface area contributed by atoms with Crippen molar-refractivity contribution in [2.24, 2.45) is 0 Å². The third-order valence-corrected chi connectivity index (χ3v) is 5.96. The molecule has 0 saturated carbocycles. The zero-order valence-corrected chi connectivity index (χ0v) is 18.1. The molecule has 0 unspecified atom stereocenters. The lowest BCUT2D eigenvalue weighted by Gasteiger charge is -2.19. The average molecular weight is 419 g/mol. The molecule has 1 aromatic heterocycles. The summed E-state index contributed by atoms with van der Waals surface area (Å²) in [5.74, 6) is -0.286. The van der Waals surface area contributed by atoms with Gasteiger partial charge in [-0.05, 0) is 61.5 Å². The number of ether oxygens (including phenoxy) is 1. The maximum Gasteiger partial charge on any atom is 0.282 e. The topological polar surface area (TPSA) is 58.6 Å². The van der Waals surface area contributed by atoms with Gasteiger partial charge in [-0.3, -0.25) is 9.59 Å². The van der Waals surface area contributed by atoms with Gasteiger partial charge in [-0.25, -0.2) is 4.90 Å². The number of nitrogens with one attached hydrogen (secondary N) is 1. The molecule has 0 atom stereocenters. The minimum atomic E-state index is -0.396. The fourth-order valence-corrected chi connectivity index (χ4v) is 4.35. The molecule has 1 aliphatic rings. The zero-order chi connectivity index (χ0) is 21.4. The molecule has 2 amide bonds. The Bertz CT molecular complexity index is 1180. The Morgan fingerprint density at radius 1 is 0.933 bits per heavy atom. The van der Waals surface area contributed by atoms with Crippen LogP contribution in [0, 0.1) is 20.8 Å². The molecule has 0 fully saturated rings. The summed E-state index contributed by atoms with van der Waals surface area (Å²) in [6.45, 7) is 5.91. The van der Waals surface area contributed by atoms with E-state index in [4.69, 9.17) is 4.74 Å². The molecule has 0 aliphatic carbocycles. The van der Waals surface area contributed by atoms with Crippen LogP contribution in [0.1, 0.15) is 21.6 Å². The molecule has 30 heavy (non-hydrogen) atoms. The molecule has 2 aromatic carbocycles. The number of methoxy groups -OCH3 is 1. The first-order valence-electron chi connectivity index (χ1n) is 9.56. The SMILES string of the molecule is COc1ccc(C)cc1N1C(=O)C(Nc2ccc(C)cc2C)=C(c2cccs2)C1=O. The molecule has 4 rings (SSSR count). The van der Waals surface area contributed by atoms with Crippen LogP contribution in [0.4, 0.5) is 11.4 Å². The summed E-state index contributed by atoms with van der Waals surface area (Å²) in [5, 5.41) is 5.13. The van der Waals surface area contributed by atoms with Crippen molar-refractivity contribution in [3.05, 3.63) is 81.2 Å². The van der Waals surface area contributed by atoms with Crippen LogP contribution in [-0.4, -0.2) is 18.9 Å². The van der Waals surface area contributed by atoms with Gasteiger partial charge in [-0.2, -0.15) is 0 Å². The molecule has 152 valence electrons. The van der Waals surface area contributed by atoms with E-state index in [0.29, 0.717) is 17.0 Å². The summed E-state index contributed by atoms with van der Waals surface area (Å²) in [6.07, 6.45) is 0. The summed E-state index contributed by atoms with van der Waals surface area (Å²) in [7, 11) is 1.53. The molecule has 0 spiro atoms. The molecular formula is C24H22N2O3S. The molecular weight excluding hydrogens is 396 g/mol. The van der Waals surface area contributed by atoms with Gasteiger partial charge in [0.25, 0.3) is 11.8 Å². The standard InChI is InChI=1S/C24H22N2O3S/c1-14-7-9-17(16(3)12-14)25-22-21(20-6-5-11-30-20)23(27)26(24(22)28)18-13-15(2)8-10-19(18)29-4/h5-13,25H,1-4H3. The zero-order valence-electron chi connectivity index (χ0n) is 17.3. The molecule has 1 aliphatic heterocycles. The van der Waals surface area contributed by atoms with Crippen LogP contribution in [0.15, 0.2) is 59.6 Å². The van der Waals surface area contributed by atoms with Gasteiger partial charge in [0, 0.05) is 10.6 Å². The highest BCUT2D eigenvalue weighted by molar-refractivity contribution is 7.11. The van der Waals surface area contributed by atoms with Crippen molar-refractivity contribution in [2.75, 3.05) is 17.3 Å². The van der Waals surface area contributed by atoms with Crippen LogP contribution in [-0.2, 0) is 9.59 Å². The van der Waals surface area contributed by atoms with Gasteiger partial charge in [0.15, 0.2) is 0 Å². The Labute approximate surface area is 179 Å².